The third kappa shape index (κ3) is 3.62. The lowest BCUT2D eigenvalue weighted by molar-refractivity contribution is -0.385. The van der Waals surface area contributed by atoms with Crippen LogP contribution in [-0.4, -0.2) is 46.9 Å². The van der Waals surface area contributed by atoms with Gasteiger partial charge in [-0.05, 0) is 31.2 Å². The van der Waals surface area contributed by atoms with Crippen LogP contribution in [0, 0.1) is 23.0 Å². The molecule has 10 heteroatoms. The molecule has 1 aromatic rings. The smallest absolute Gasteiger partial charge is 0.325 e. The van der Waals surface area contributed by atoms with E-state index in [0.29, 0.717) is 17.7 Å². The Hall–Kier alpha value is -3.17. The Kier molecular flexibility index (Phi) is 5.45. The molecule has 2 atom stereocenters. The van der Waals surface area contributed by atoms with E-state index in [1.54, 1.807) is 6.92 Å². The zero-order valence-corrected chi connectivity index (χ0v) is 16.6. The van der Waals surface area contributed by atoms with E-state index >= 15 is 0 Å². The summed E-state index contributed by atoms with van der Waals surface area (Å²) in [5.41, 5.74) is -0.377. The highest BCUT2D eigenvalue weighted by atomic mass is 16.6. The minimum atomic E-state index is -0.928. The van der Waals surface area contributed by atoms with Gasteiger partial charge in [0.15, 0.2) is 5.75 Å². The van der Waals surface area contributed by atoms with Gasteiger partial charge >= 0.3 is 11.7 Å². The zero-order valence-electron chi connectivity index (χ0n) is 16.6. The maximum atomic E-state index is 12.9. The Morgan fingerprint density at radius 1 is 1.41 bits per heavy atom. The van der Waals surface area contributed by atoms with E-state index in [-0.39, 0.29) is 23.3 Å². The summed E-state index contributed by atoms with van der Waals surface area (Å²) in [4.78, 5) is 49.3. The quantitative estimate of drug-likeness (QED) is 0.440. The fraction of sp³-hybridized carbons (Fsp3) is 0.526. The molecule has 1 saturated heterocycles. The molecular weight excluding hydrogens is 380 g/mol. The van der Waals surface area contributed by atoms with Crippen LogP contribution in [-0.2, 0) is 9.59 Å². The second-order valence-corrected chi connectivity index (χ2v) is 7.58. The lowest BCUT2D eigenvalue weighted by atomic mass is 9.73. The number of urea groups is 1. The summed E-state index contributed by atoms with van der Waals surface area (Å²) < 4.78 is 5.02. The normalized spacial score (nSPS) is 23.8. The van der Waals surface area contributed by atoms with E-state index in [1.807, 2.05) is 6.92 Å². The molecule has 3 rings (SSSR count). The second-order valence-electron chi connectivity index (χ2n) is 7.58. The topological polar surface area (TPSA) is 131 Å². The van der Waals surface area contributed by atoms with Crippen molar-refractivity contribution < 1.29 is 24.0 Å². The molecular formula is C19H24N4O6. The SMILES string of the molecule is COc1cc(NC(=O)CN2C(=O)N[C@]3(CCCC[C@H]3C)C2=O)c(C)cc1[N+](=O)[O-]. The molecule has 1 saturated carbocycles. The maximum Gasteiger partial charge on any atom is 0.325 e. The Labute approximate surface area is 167 Å². The third-order valence-electron chi connectivity index (χ3n) is 5.80. The van der Waals surface area contributed by atoms with Crippen LogP contribution >= 0.6 is 0 Å². The number of hydrogen-bond acceptors (Lipinski definition) is 6. The van der Waals surface area contributed by atoms with Crippen LogP contribution in [0.2, 0.25) is 0 Å². The number of carbonyl (C=O) groups excluding carboxylic acids is 3. The van der Waals surface area contributed by atoms with E-state index in [2.05, 4.69) is 10.6 Å². The van der Waals surface area contributed by atoms with Gasteiger partial charge in [-0.3, -0.25) is 24.6 Å². The summed E-state index contributed by atoms with van der Waals surface area (Å²) >= 11 is 0. The van der Waals surface area contributed by atoms with Crippen molar-refractivity contribution in [2.24, 2.45) is 5.92 Å². The second kappa shape index (κ2) is 7.69. The zero-order chi connectivity index (χ0) is 21.3. The first kappa shape index (κ1) is 20.6. The molecule has 156 valence electrons. The van der Waals surface area contributed by atoms with Gasteiger partial charge in [-0.2, -0.15) is 0 Å². The number of anilines is 1. The fourth-order valence-corrected chi connectivity index (χ4v) is 4.09. The molecule has 4 amide bonds. The number of carbonyl (C=O) groups is 3. The van der Waals surface area contributed by atoms with Crippen LogP contribution in [0.5, 0.6) is 5.75 Å². The van der Waals surface area contributed by atoms with Crippen molar-refractivity contribution in [1.82, 2.24) is 10.2 Å². The van der Waals surface area contributed by atoms with Gasteiger partial charge < -0.3 is 15.4 Å². The Morgan fingerprint density at radius 3 is 2.76 bits per heavy atom. The van der Waals surface area contributed by atoms with E-state index in [0.717, 1.165) is 24.2 Å². The van der Waals surface area contributed by atoms with Crippen LogP contribution in [0.15, 0.2) is 12.1 Å². The van der Waals surface area contributed by atoms with Crippen molar-refractivity contribution in [3.8, 4) is 5.75 Å². The number of rotatable bonds is 5. The van der Waals surface area contributed by atoms with Gasteiger partial charge in [0.1, 0.15) is 12.1 Å². The van der Waals surface area contributed by atoms with Crippen LogP contribution in [0.1, 0.15) is 38.2 Å². The number of methoxy groups -OCH3 is 1. The van der Waals surface area contributed by atoms with Gasteiger partial charge in [-0.15, -0.1) is 0 Å². The van der Waals surface area contributed by atoms with Crippen molar-refractivity contribution >= 4 is 29.2 Å². The first-order valence-corrected chi connectivity index (χ1v) is 9.46. The maximum absolute atomic E-state index is 12.9. The van der Waals surface area contributed by atoms with Gasteiger partial charge in [0.25, 0.3) is 5.91 Å². The van der Waals surface area contributed by atoms with Crippen molar-refractivity contribution in [2.75, 3.05) is 19.0 Å². The number of amides is 4. The molecule has 1 aliphatic heterocycles. The van der Waals surface area contributed by atoms with Gasteiger partial charge in [-0.25, -0.2) is 4.79 Å². The number of aryl methyl sites for hydroxylation is 1. The number of benzene rings is 1. The van der Waals surface area contributed by atoms with E-state index in [4.69, 9.17) is 4.74 Å². The predicted octanol–water partition coefficient (Wildman–Crippen LogP) is 2.35. The number of nitro groups is 1. The molecule has 0 unspecified atom stereocenters. The van der Waals surface area contributed by atoms with Gasteiger partial charge in [0, 0.05) is 17.8 Å². The van der Waals surface area contributed by atoms with Crippen LogP contribution in [0.4, 0.5) is 16.2 Å². The minimum absolute atomic E-state index is 0.000810. The Balaban J connectivity index is 1.75. The lowest BCUT2D eigenvalue weighted by Crippen LogP contribution is -2.54. The number of nitrogens with one attached hydrogen (secondary N) is 2. The number of imide groups is 1. The highest BCUT2D eigenvalue weighted by Crippen LogP contribution is 2.38. The van der Waals surface area contributed by atoms with E-state index < -0.39 is 28.9 Å². The van der Waals surface area contributed by atoms with Gasteiger partial charge in [-0.1, -0.05) is 19.8 Å². The molecule has 10 nitrogen and oxygen atoms in total. The predicted molar refractivity (Wildman–Crippen MR) is 104 cm³/mol. The van der Waals surface area contributed by atoms with Crippen molar-refractivity contribution in [3.63, 3.8) is 0 Å². The first-order chi connectivity index (χ1) is 13.7. The minimum Gasteiger partial charge on any atom is -0.490 e. The summed E-state index contributed by atoms with van der Waals surface area (Å²) in [5, 5.41) is 16.5. The fourth-order valence-electron chi connectivity index (χ4n) is 4.09. The molecule has 0 aromatic heterocycles. The highest BCUT2D eigenvalue weighted by molar-refractivity contribution is 6.10. The summed E-state index contributed by atoms with van der Waals surface area (Å²) in [6.07, 6.45) is 3.26. The Morgan fingerprint density at radius 2 is 2.14 bits per heavy atom. The summed E-state index contributed by atoms with van der Waals surface area (Å²) in [6, 6.07) is 2.07. The van der Waals surface area contributed by atoms with Crippen molar-refractivity contribution in [3.05, 3.63) is 27.8 Å². The summed E-state index contributed by atoms with van der Waals surface area (Å²) in [6.45, 7) is 3.11. The van der Waals surface area contributed by atoms with Crippen molar-refractivity contribution in [1.29, 1.82) is 0 Å². The Bertz CT molecular complexity index is 886. The average Bonchev–Trinajstić information content (AvgIpc) is 2.90. The number of hydrogen-bond donors (Lipinski definition) is 2. The monoisotopic (exact) mass is 404 g/mol. The summed E-state index contributed by atoms with van der Waals surface area (Å²) in [7, 11) is 1.29. The molecule has 2 fully saturated rings. The standard InChI is InChI=1S/C19H24N4O6/c1-11-8-14(23(27)28)15(29-3)9-13(11)20-16(24)10-22-17(25)19(21-18(22)26)7-5-4-6-12(19)2/h8-9,12H,4-7,10H2,1-3H3,(H,20,24)(H,21,26)/t12-,19+/m1/s1. The van der Waals surface area contributed by atoms with Crippen LogP contribution in [0.3, 0.4) is 0 Å². The molecule has 1 aliphatic carbocycles. The average molecular weight is 404 g/mol. The lowest BCUT2D eigenvalue weighted by Gasteiger charge is -2.36. The number of ether oxygens (including phenoxy) is 1. The van der Waals surface area contributed by atoms with E-state index in [1.165, 1.54) is 19.2 Å². The highest BCUT2D eigenvalue weighted by Gasteiger charge is 2.55. The van der Waals surface area contributed by atoms with Gasteiger partial charge in [0.2, 0.25) is 5.91 Å². The van der Waals surface area contributed by atoms with Crippen LogP contribution < -0.4 is 15.4 Å². The molecule has 1 spiro atoms. The molecule has 0 radical (unpaired) electrons. The molecule has 2 aliphatic rings. The third-order valence-corrected chi connectivity index (χ3v) is 5.80. The summed E-state index contributed by atoms with van der Waals surface area (Å²) in [5.74, 6) is -0.946. The number of nitro benzene ring substituents is 1. The molecule has 1 heterocycles. The van der Waals surface area contributed by atoms with E-state index in [9.17, 15) is 24.5 Å². The first-order valence-electron chi connectivity index (χ1n) is 9.46. The molecule has 0 bridgehead atoms. The van der Waals surface area contributed by atoms with Crippen LogP contribution in [0.25, 0.3) is 0 Å². The largest absolute Gasteiger partial charge is 0.490 e. The molecule has 29 heavy (non-hydrogen) atoms. The van der Waals surface area contributed by atoms with Gasteiger partial charge in [0.05, 0.1) is 12.0 Å². The van der Waals surface area contributed by atoms with Crippen molar-refractivity contribution in [2.45, 2.75) is 45.1 Å². The molecule has 1 aromatic carbocycles. The molecule has 2 N–H and O–H groups in total. The number of nitrogens with zero attached hydrogens (tertiary/aromatic N) is 2.